The molecule has 1 aromatic heterocycles. The molecule has 0 spiro atoms. The van der Waals surface area contributed by atoms with Crippen LogP contribution in [-0.2, 0) is 22.5 Å². The molecule has 5 rings (SSSR count). The van der Waals surface area contributed by atoms with Crippen LogP contribution in [0.2, 0.25) is 0 Å². The van der Waals surface area contributed by atoms with E-state index >= 15 is 0 Å². The third kappa shape index (κ3) is 5.50. The second-order valence-electron chi connectivity index (χ2n) is 9.59. The molecule has 198 valence electrons. The number of pyridine rings is 1. The molecule has 38 heavy (non-hydrogen) atoms. The van der Waals surface area contributed by atoms with Crippen LogP contribution >= 0.6 is 0 Å². The minimum atomic E-state index is -1.58. The van der Waals surface area contributed by atoms with Crippen molar-refractivity contribution in [3.05, 3.63) is 93.2 Å². The largest absolute Gasteiger partial charge is 0.493 e. The number of aromatic nitrogens is 1. The van der Waals surface area contributed by atoms with Gasteiger partial charge in [0.1, 0.15) is 5.75 Å². The lowest BCUT2D eigenvalue weighted by Crippen LogP contribution is -2.30. The first-order valence-electron chi connectivity index (χ1n) is 12.3. The molecule has 1 amide bonds. The highest BCUT2D eigenvalue weighted by Crippen LogP contribution is 2.30. The summed E-state index contributed by atoms with van der Waals surface area (Å²) in [6.07, 6.45) is 2.51. The number of benzene rings is 2. The van der Waals surface area contributed by atoms with Gasteiger partial charge in [0, 0.05) is 43.5 Å². The Morgan fingerprint density at radius 2 is 1.92 bits per heavy atom. The number of Topliss-reactive ketones (excluding diaryl/α,β-unsaturated/α-hetero) is 1. The molecule has 0 bridgehead atoms. The van der Waals surface area contributed by atoms with Gasteiger partial charge < -0.3 is 19.4 Å². The molecule has 1 fully saturated rings. The Morgan fingerprint density at radius 3 is 2.66 bits per heavy atom. The number of hydrogen-bond acceptors (Lipinski definition) is 5. The van der Waals surface area contributed by atoms with E-state index in [4.69, 9.17) is 9.47 Å². The van der Waals surface area contributed by atoms with E-state index in [1.165, 1.54) is 18.3 Å². The van der Waals surface area contributed by atoms with Crippen molar-refractivity contribution >= 4 is 17.4 Å². The molecule has 2 aromatic carbocycles. The fourth-order valence-electron chi connectivity index (χ4n) is 4.89. The Hall–Kier alpha value is -3.92. The van der Waals surface area contributed by atoms with Crippen LogP contribution in [0.4, 0.5) is 18.9 Å². The van der Waals surface area contributed by atoms with Gasteiger partial charge in [0.25, 0.3) is 5.56 Å². The monoisotopic (exact) mass is 526 g/mol. The molecule has 1 saturated heterocycles. The fourth-order valence-corrected chi connectivity index (χ4v) is 4.89. The van der Waals surface area contributed by atoms with E-state index in [-0.39, 0.29) is 54.2 Å². The average molecular weight is 527 g/mol. The van der Waals surface area contributed by atoms with Gasteiger partial charge in [-0.2, -0.15) is 0 Å². The molecular formula is C28H25F3N2O5. The standard InChI is InChI=1S/C28H25F3N2O5/c29-22-8-16(9-23(30)27(22)31)13-33-6-1-2-21(28(33)36)25(34)10-19(18-5-7-37-14-18)15-38-20-4-3-17-11-26(35)32-24(17)12-20/h1-4,6,8-9,12,18-19H,5,7,10-11,13-15H2,(H,32,35)/t18?,19-/m1/s1. The van der Waals surface area contributed by atoms with Gasteiger partial charge in [-0.25, -0.2) is 13.2 Å². The maximum absolute atomic E-state index is 13.6. The lowest BCUT2D eigenvalue weighted by atomic mass is 9.86. The summed E-state index contributed by atoms with van der Waals surface area (Å²) in [4.78, 5) is 37.9. The predicted molar refractivity (Wildman–Crippen MR) is 132 cm³/mol. The highest BCUT2D eigenvalue weighted by atomic mass is 19.2. The third-order valence-electron chi connectivity index (χ3n) is 6.97. The van der Waals surface area contributed by atoms with Gasteiger partial charge in [-0.3, -0.25) is 14.4 Å². The number of carbonyl (C=O) groups excluding carboxylic acids is 2. The SMILES string of the molecule is O=C1Cc2ccc(OC[C@@H](CC(=O)c3cccn(Cc4cc(F)c(F)c(F)c4)c3=O)C3CCOC3)cc2N1. The first-order chi connectivity index (χ1) is 18.3. The molecule has 0 radical (unpaired) electrons. The zero-order valence-corrected chi connectivity index (χ0v) is 20.3. The van der Waals surface area contributed by atoms with E-state index in [0.29, 0.717) is 31.1 Å². The summed E-state index contributed by atoms with van der Waals surface area (Å²) in [5.74, 6) is -4.37. The fraction of sp³-hybridized carbons (Fsp3) is 0.321. The zero-order valence-electron chi connectivity index (χ0n) is 20.3. The van der Waals surface area contributed by atoms with Crippen molar-refractivity contribution in [1.29, 1.82) is 0 Å². The topological polar surface area (TPSA) is 86.6 Å². The van der Waals surface area contributed by atoms with Gasteiger partial charge in [0.15, 0.2) is 23.2 Å². The number of ketones is 1. The second kappa shape index (κ2) is 10.8. The van der Waals surface area contributed by atoms with E-state index < -0.39 is 23.0 Å². The molecule has 3 aromatic rings. The summed E-state index contributed by atoms with van der Waals surface area (Å²) >= 11 is 0. The molecular weight excluding hydrogens is 501 g/mol. The predicted octanol–water partition coefficient (Wildman–Crippen LogP) is 4.11. The molecule has 2 aliphatic heterocycles. The van der Waals surface area contributed by atoms with Gasteiger partial charge in [-0.05, 0) is 53.8 Å². The van der Waals surface area contributed by atoms with Crippen molar-refractivity contribution in [1.82, 2.24) is 4.57 Å². The molecule has 1 unspecified atom stereocenters. The van der Waals surface area contributed by atoms with Gasteiger partial charge in [0.05, 0.1) is 25.1 Å². The summed E-state index contributed by atoms with van der Waals surface area (Å²) in [5, 5.41) is 2.78. The lowest BCUT2D eigenvalue weighted by Gasteiger charge is -2.22. The number of rotatable bonds is 9. The quantitative estimate of drug-likeness (QED) is 0.335. The van der Waals surface area contributed by atoms with Crippen LogP contribution in [0, 0.1) is 29.3 Å². The maximum Gasteiger partial charge on any atom is 0.261 e. The zero-order chi connectivity index (χ0) is 26.8. The number of anilines is 1. The Morgan fingerprint density at radius 1 is 1.13 bits per heavy atom. The third-order valence-corrected chi connectivity index (χ3v) is 6.97. The summed E-state index contributed by atoms with van der Waals surface area (Å²) in [6, 6.07) is 9.91. The van der Waals surface area contributed by atoms with Crippen LogP contribution in [0.5, 0.6) is 5.75 Å². The van der Waals surface area contributed by atoms with Crippen molar-refractivity contribution in [3.63, 3.8) is 0 Å². The van der Waals surface area contributed by atoms with E-state index in [0.717, 1.165) is 28.7 Å². The molecule has 2 aliphatic rings. The number of nitrogens with one attached hydrogen (secondary N) is 1. The number of carbonyl (C=O) groups is 2. The Balaban J connectivity index is 1.31. The molecule has 2 atom stereocenters. The van der Waals surface area contributed by atoms with Gasteiger partial charge >= 0.3 is 0 Å². The summed E-state index contributed by atoms with van der Waals surface area (Å²) in [5.41, 5.74) is 0.979. The minimum Gasteiger partial charge on any atom is -0.493 e. The average Bonchev–Trinajstić information content (AvgIpc) is 3.55. The molecule has 10 heteroatoms. The summed E-state index contributed by atoms with van der Waals surface area (Å²) in [6.45, 7) is 1.03. The lowest BCUT2D eigenvalue weighted by molar-refractivity contribution is -0.115. The van der Waals surface area contributed by atoms with Gasteiger partial charge in [-0.1, -0.05) is 6.07 Å². The van der Waals surface area contributed by atoms with Crippen LogP contribution in [0.1, 0.15) is 34.3 Å². The Kier molecular flexibility index (Phi) is 7.33. The number of hydrogen-bond donors (Lipinski definition) is 1. The smallest absolute Gasteiger partial charge is 0.261 e. The number of amides is 1. The number of nitrogens with zero attached hydrogens (tertiary/aromatic N) is 1. The Bertz CT molecular complexity index is 1430. The Labute approximate surface area is 216 Å². The van der Waals surface area contributed by atoms with Crippen LogP contribution in [-0.4, -0.2) is 36.1 Å². The highest BCUT2D eigenvalue weighted by molar-refractivity contribution is 5.99. The molecule has 0 aliphatic carbocycles. The summed E-state index contributed by atoms with van der Waals surface area (Å²) < 4.78 is 53.2. The molecule has 1 N–H and O–H groups in total. The number of halogens is 3. The second-order valence-corrected chi connectivity index (χ2v) is 9.59. The first kappa shape index (κ1) is 25.7. The van der Waals surface area contributed by atoms with Gasteiger partial charge in [0.2, 0.25) is 5.91 Å². The number of ether oxygens (including phenoxy) is 2. The highest BCUT2D eigenvalue weighted by Gasteiger charge is 2.30. The van der Waals surface area contributed by atoms with E-state index in [9.17, 15) is 27.6 Å². The normalized spacial score (nSPS) is 17.2. The van der Waals surface area contributed by atoms with Crippen molar-refractivity contribution in [2.24, 2.45) is 11.8 Å². The summed E-state index contributed by atoms with van der Waals surface area (Å²) in [7, 11) is 0. The van der Waals surface area contributed by atoms with Crippen molar-refractivity contribution in [2.45, 2.75) is 25.8 Å². The van der Waals surface area contributed by atoms with Crippen LogP contribution < -0.4 is 15.6 Å². The molecule has 7 nitrogen and oxygen atoms in total. The van der Waals surface area contributed by atoms with E-state index in [2.05, 4.69) is 5.32 Å². The van der Waals surface area contributed by atoms with Gasteiger partial charge in [-0.15, -0.1) is 0 Å². The van der Waals surface area contributed by atoms with Crippen molar-refractivity contribution in [3.8, 4) is 5.75 Å². The first-order valence-corrected chi connectivity index (χ1v) is 12.3. The molecule has 3 heterocycles. The van der Waals surface area contributed by atoms with E-state index in [1.807, 2.05) is 6.07 Å². The van der Waals surface area contributed by atoms with Crippen LogP contribution in [0.25, 0.3) is 0 Å². The maximum atomic E-state index is 13.6. The van der Waals surface area contributed by atoms with Crippen LogP contribution in [0.3, 0.4) is 0 Å². The van der Waals surface area contributed by atoms with Crippen LogP contribution in [0.15, 0.2) is 53.5 Å². The van der Waals surface area contributed by atoms with E-state index in [1.54, 1.807) is 12.1 Å². The molecule has 0 saturated carbocycles. The van der Waals surface area contributed by atoms with Crippen molar-refractivity contribution in [2.75, 3.05) is 25.1 Å². The number of fused-ring (bicyclic) bond motifs is 1. The van der Waals surface area contributed by atoms with Crippen molar-refractivity contribution < 1.29 is 32.2 Å². The minimum absolute atomic E-state index is 0.0365.